The Bertz CT molecular complexity index is 285. The quantitative estimate of drug-likeness (QED) is 0.638. The summed E-state index contributed by atoms with van der Waals surface area (Å²) in [4.78, 5) is 23.8. The number of amides is 2. The van der Waals surface area contributed by atoms with Crippen LogP contribution in [-0.2, 0) is 4.79 Å². The number of aliphatic carboxylic acids is 1. The van der Waals surface area contributed by atoms with Crippen LogP contribution in [-0.4, -0.2) is 53.6 Å². The van der Waals surface area contributed by atoms with Crippen LogP contribution >= 0.6 is 11.8 Å². The molecule has 2 amide bonds. The van der Waals surface area contributed by atoms with Gasteiger partial charge in [-0.15, -0.1) is 0 Å². The first-order chi connectivity index (χ1) is 8.84. The van der Waals surface area contributed by atoms with Crippen molar-refractivity contribution in [2.24, 2.45) is 11.8 Å². The maximum Gasteiger partial charge on any atom is 0.317 e. The molecule has 0 aromatic rings. The third-order valence-electron chi connectivity index (χ3n) is 2.51. The minimum Gasteiger partial charge on any atom is -0.481 e. The summed E-state index contributed by atoms with van der Waals surface area (Å²) >= 11 is 1.89. The van der Waals surface area contributed by atoms with Crippen LogP contribution in [0.15, 0.2) is 0 Å². The number of nitrogens with one attached hydrogen (secondary N) is 1. The molecule has 0 aromatic carbocycles. The van der Waals surface area contributed by atoms with Crippen LogP contribution in [0.5, 0.6) is 0 Å². The molecule has 0 bridgehead atoms. The van der Waals surface area contributed by atoms with E-state index >= 15 is 0 Å². The largest absolute Gasteiger partial charge is 0.481 e. The second-order valence-corrected chi connectivity index (χ2v) is 6.32. The third-order valence-corrected chi connectivity index (χ3v) is 3.99. The molecule has 0 radical (unpaired) electrons. The van der Waals surface area contributed by atoms with Gasteiger partial charge in [0.05, 0.1) is 5.92 Å². The smallest absolute Gasteiger partial charge is 0.317 e. The van der Waals surface area contributed by atoms with Gasteiger partial charge in [0.2, 0.25) is 0 Å². The first-order valence-corrected chi connectivity index (χ1v) is 7.79. The fourth-order valence-electron chi connectivity index (χ4n) is 1.40. The maximum atomic E-state index is 11.7. The zero-order valence-corrected chi connectivity index (χ0v) is 13.1. The van der Waals surface area contributed by atoms with Gasteiger partial charge in [-0.2, -0.15) is 11.8 Å². The Morgan fingerprint density at radius 1 is 1.32 bits per heavy atom. The second kappa shape index (κ2) is 9.95. The summed E-state index contributed by atoms with van der Waals surface area (Å²) in [6.07, 6.45) is 0.936. The SMILES string of the molecule is CC(C)CSCCCNC(=O)N(C)CC(C)C(=O)O. The van der Waals surface area contributed by atoms with E-state index in [1.165, 1.54) is 4.90 Å². The molecule has 0 aliphatic heterocycles. The monoisotopic (exact) mass is 290 g/mol. The number of carboxylic acid groups (broad SMARTS) is 1. The highest BCUT2D eigenvalue weighted by Crippen LogP contribution is 2.08. The predicted octanol–water partition coefficient (Wildman–Crippen LogP) is 2.13. The molecule has 0 aliphatic rings. The van der Waals surface area contributed by atoms with Gasteiger partial charge in [0.25, 0.3) is 0 Å². The Morgan fingerprint density at radius 3 is 2.47 bits per heavy atom. The van der Waals surface area contributed by atoms with Crippen molar-refractivity contribution in [2.75, 3.05) is 31.6 Å². The zero-order chi connectivity index (χ0) is 14.8. The lowest BCUT2D eigenvalue weighted by Crippen LogP contribution is -2.41. The number of nitrogens with zero attached hydrogens (tertiary/aromatic N) is 1. The van der Waals surface area contributed by atoms with Crippen molar-refractivity contribution in [3.63, 3.8) is 0 Å². The Hall–Kier alpha value is -0.910. The Labute approximate surface area is 120 Å². The lowest BCUT2D eigenvalue weighted by atomic mass is 10.2. The summed E-state index contributed by atoms with van der Waals surface area (Å²) in [5, 5.41) is 11.6. The van der Waals surface area contributed by atoms with E-state index in [4.69, 9.17) is 5.11 Å². The molecule has 0 aromatic heterocycles. The molecule has 19 heavy (non-hydrogen) atoms. The van der Waals surface area contributed by atoms with Gasteiger partial charge in [-0.05, 0) is 23.8 Å². The molecule has 0 spiro atoms. The number of rotatable bonds is 9. The van der Waals surface area contributed by atoms with E-state index < -0.39 is 11.9 Å². The van der Waals surface area contributed by atoms with E-state index in [2.05, 4.69) is 19.2 Å². The second-order valence-electron chi connectivity index (χ2n) is 5.17. The Kier molecular flexibility index (Phi) is 9.47. The summed E-state index contributed by atoms with van der Waals surface area (Å²) in [7, 11) is 1.61. The average Bonchev–Trinajstić information content (AvgIpc) is 2.32. The van der Waals surface area contributed by atoms with Gasteiger partial charge in [-0.1, -0.05) is 20.8 Å². The first kappa shape index (κ1) is 18.1. The van der Waals surface area contributed by atoms with E-state index in [1.807, 2.05) is 11.8 Å². The normalized spacial score (nSPS) is 12.3. The maximum absolute atomic E-state index is 11.7. The van der Waals surface area contributed by atoms with Crippen molar-refractivity contribution in [1.82, 2.24) is 10.2 Å². The molecule has 0 heterocycles. The number of carbonyl (C=O) groups excluding carboxylic acids is 1. The predicted molar refractivity (Wildman–Crippen MR) is 79.6 cm³/mol. The standard InChI is InChI=1S/C13H26N2O3S/c1-10(2)9-19-7-5-6-14-13(18)15(4)8-11(3)12(16)17/h10-11H,5-9H2,1-4H3,(H,14,18)(H,16,17). The summed E-state index contributed by atoms with van der Waals surface area (Å²) < 4.78 is 0. The highest BCUT2D eigenvalue weighted by Gasteiger charge is 2.16. The topological polar surface area (TPSA) is 69.6 Å². The number of thioether (sulfide) groups is 1. The van der Waals surface area contributed by atoms with Crippen LogP contribution in [0.1, 0.15) is 27.2 Å². The van der Waals surface area contributed by atoms with Gasteiger partial charge >= 0.3 is 12.0 Å². The first-order valence-electron chi connectivity index (χ1n) is 6.64. The summed E-state index contributed by atoms with van der Waals surface area (Å²) in [6.45, 7) is 6.83. The number of hydrogen-bond acceptors (Lipinski definition) is 3. The Balaban J connectivity index is 3.65. The van der Waals surface area contributed by atoms with Crippen molar-refractivity contribution in [1.29, 1.82) is 0 Å². The summed E-state index contributed by atoms with van der Waals surface area (Å²) in [5.74, 6) is 1.45. The van der Waals surface area contributed by atoms with Crippen LogP contribution in [0, 0.1) is 11.8 Å². The van der Waals surface area contributed by atoms with Crippen LogP contribution in [0.4, 0.5) is 4.79 Å². The average molecular weight is 290 g/mol. The van der Waals surface area contributed by atoms with Crippen LogP contribution < -0.4 is 5.32 Å². The number of carbonyl (C=O) groups is 2. The number of hydrogen-bond donors (Lipinski definition) is 2. The Morgan fingerprint density at radius 2 is 1.95 bits per heavy atom. The molecular formula is C13H26N2O3S. The lowest BCUT2D eigenvalue weighted by molar-refractivity contribution is -0.141. The van der Waals surface area contributed by atoms with Crippen molar-refractivity contribution in [2.45, 2.75) is 27.2 Å². The molecule has 1 unspecified atom stereocenters. The van der Waals surface area contributed by atoms with Crippen molar-refractivity contribution in [3.8, 4) is 0 Å². The van der Waals surface area contributed by atoms with Gasteiger partial charge in [-0.3, -0.25) is 4.79 Å². The molecule has 112 valence electrons. The van der Waals surface area contributed by atoms with Crippen LogP contribution in [0.25, 0.3) is 0 Å². The van der Waals surface area contributed by atoms with Gasteiger partial charge in [0.15, 0.2) is 0 Å². The minimum absolute atomic E-state index is 0.207. The van der Waals surface area contributed by atoms with E-state index in [9.17, 15) is 9.59 Å². The molecule has 2 N–H and O–H groups in total. The molecule has 0 saturated heterocycles. The van der Waals surface area contributed by atoms with Crippen LogP contribution in [0.3, 0.4) is 0 Å². The van der Waals surface area contributed by atoms with Gasteiger partial charge in [0.1, 0.15) is 0 Å². The third kappa shape index (κ3) is 9.64. The highest BCUT2D eigenvalue weighted by molar-refractivity contribution is 7.99. The van der Waals surface area contributed by atoms with Crippen LogP contribution in [0.2, 0.25) is 0 Å². The van der Waals surface area contributed by atoms with E-state index in [1.54, 1.807) is 14.0 Å². The molecule has 0 saturated carbocycles. The summed E-state index contributed by atoms with van der Waals surface area (Å²) in [5.41, 5.74) is 0. The van der Waals surface area contributed by atoms with Crippen molar-refractivity contribution >= 4 is 23.8 Å². The van der Waals surface area contributed by atoms with Gasteiger partial charge in [0, 0.05) is 20.1 Å². The lowest BCUT2D eigenvalue weighted by Gasteiger charge is -2.19. The fraction of sp³-hybridized carbons (Fsp3) is 0.846. The van der Waals surface area contributed by atoms with E-state index in [0.717, 1.165) is 17.9 Å². The molecule has 0 rings (SSSR count). The molecule has 5 nitrogen and oxygen atoms in total. The van der Waals surface area contributed by atoms with Crippen molar-refractivity contribution < 1.29 is 14.7 Å². The fourth-order valence-corrected chi connectivity index (χ4v) is 2.38. The molecular weight excluding hydrogens is 264 g/mol. The minimum atomic E-state index is -0.885. The molecule has 1 atom stereocenters. The molecule has 6 heteroatoms. The molecule has 0 aliphatic carbocycles. The van der Waals surface area contributed by atoms with E-state index in [0.29, 0.717) is 12.5 Å². The van der Waals surface area contributed by atoms with Gasteiger partial charge in [-0.25, -0.2) is 4.79 Å². The number of carboxylic acids is 1. The van der Waals surface area contributed by atoms with Crippen molar-refractivity contribution in [3.05, 3.63) is 0 Å². The highest BCUT2D eigenvalue weighted by atomic mass is 32.2. The van der Waals surface area contributed by atoms with E-state index in [-0.39, 0.29) is 12.6 Å². The summed E-state index contributed by atoms with van der Waals surface area (Å²) in [6, 6.07) is -0.207. The zero-order valence-electron chi connectivity index (χ0n) is 12.3. The number of urea groups is 1. The molecule has 0 fully saturated rings. The van der Waals surface area contributed by atoms with Gasteiger partial charge < -0.3 is 15.3 Å².